The van der Waals surface area contributed by atoms with E-state index in [-0.39, 0.29) is 6.10 Å². The zero-order valence-corrected chi connectivity index (χ0v) is 16.6. The van der Waals surface area contributed by atoms with Crippen molar-refractivity contribution in [1.29, 1.82) is 0 Å². The first-order chi connectivity index (χ1) is 12.5. The molecule has 0 saturated carbocycles. The van der Waals surface area contributed by atoms with Crippen LogP contribution in [0.5, 0.6) is 5.75 Å². The lowest BCUT2D eigenvalue weighted by Crippen LogP contribution is -2.39. The van der Waals surface area contributed by atoms with Crippen LogP contribution in [0.3, 0.4) is 0 Å². The molecule has 1 heterocycles. The highest BCUT2D eigenvalue weighted by atomic mass is 32.1. The molecule has 0 amide bonds. The van der Waals surface area contributed by atoms with Gasteiger partial charge in [-0.05, 0) is 45.4 Å². The van der Waals surface area contributed by atoms with E-state index in [1.807, 2.05) is 58.2 Å². The van der Waals surface area contributed by atoms with Crippen LogP contribution < -0.4 is 15.4 Å². The maximum atomic E-state index is 10.5. The Kier molecular flexibility index (Phi) is 7.87. The lowest BCUT2D eigenvalue weighted by atomic mass is 10.1. The van der Waals surface area contributed by atoms with Gasteiger partial charge >= 0.3 is 0 Å². The Labute approximate surface area is 159 Å². The molecule has 1 unspecified atom stereocenters. The van der Waals surface area contributed by atoms with E-state index in [9.17, 15) is 5.11 Å². The zero-order chi connectivity index (χ0) is 18.9. The fourth-order valence-corrected chi connectivity index (χ4v) is 3.05. The normalized spacial score (nSPS) is 12.9. The number of nitrogens with one attached hydrogen (secondary N) is 2. The molecule has 0 saturated heterocycles. The molecular weight excluding hydrogens is 348 g/mol. The van der Waals surface area contributed by atoms with Crippen molar-refractivity contribution in [3.63, 3.8) is 0 Å². The molecule has 0 aliphatic rings. The van der Waals surface area contributed by atoms with Crippen LogP contribution >= 0.6 is 11.3 Å². The first-order valence-corrected chi connectivity index (χ1v) is 9.67. The molecular formula is C19H28N4O2S. The van der Waals surface area contributed by atoms with Crippen LogP contribution in [0, 0.1) is 6.92 Å². The molecule has 0 spiro atoms. The number of aryl methyl sites for hydroxylation is 1. The SMILES string of the molecule is CCNC(=NCc1ncc(C)s1)NCC(O)c1cccc(OC(C)C)c1. The molecule has 3 N–H and O–H groups in total. The number of aliphatic imine (C=N–C) groups is 1. The van der Waals surface area contributed by atoms with Crippen LogP contribution in [0.4, 0.5) is 0 Å². The Balaban J connectivity index is 1.94. The minimum absolute atomic E-state index is 0.0995. The smallest absolute Gasteiger partial charge is 0.191 e. The van der Waals surface area contributed by atoms with Gasteiger partial charge in [-0.2, -0.15) is 0 Å². The van der Waals surface area contributed by atoms with Crippen molar-refractivity contribution in [2.24, 2.45) is 4.99 Å². The van der Waals surface area contributed by atoms with E-state index < -0.39 is 6.10 Å². The summed E-state index contributed by atoms with van der Waals surface area (Å²) in [5, 5.41) is 17.8. The van der Waals surface area contributed by atoms with Gasteiger partial charge in [0.25, 0.3) is 0 Å². The Morgan fingerprint density at radius 3 is 2.81 bits per heavy atom. The van der Waals surface area contributed by atoms with E-state index >= 15 is 0 Å². The van der Waals surface area contributed by atoms with Crippen molar-refractivity contribution in [2.75, 3.05) is 13.1 Å². The summed E-state index contributed by atoms with van der Waals surface area (Å²) in [6.07, 6.45) is 1.30. The highest BCUT2D eigenvalue weighted by molar-refractivity contribution is 7.11. The number of rotatable bonds is 8. The van der Waals surface area contributed by atoms with E-state index in [0.29, 0.717) is 19.0 Å². The summed E-state index contributed by atoms with van der Waals surface area (Å²) in [6.45, 7) is 9.61. The summed E-state index contributed by atoms with van der Waals surface area (Å²) < 4.78 is 5.69. The van der Waals surface area contributed by atoms with E-state index in [0.717, 1.165) is 22.9 Å². The van der Waals surface area contributed by atoms with Gasteiger partial charge < -0.3 is 20.5 Å². The maximum Gasteiger partial charge on any atom is 0.191 e. The van der Waals surface area contributed by atoms with Gasteiger partial charge in [0.05, 0.1) is 18.8 Å². The first kappa shape index (κ1) is 20.2. The Morgan fingerprint density at radius 2 is 2.15 bits per heavy atom. The molecule has 1 aromatic carbocycles. The summed E-state index contributed by atoms with van der Waals surface area (Å²) in [7, 11) is 0. The fourth-order valence-electron chi connectivity index (χ4n) is 2.34. The van der Waals surface area contributed by atoms with Crippen molar-refractivity contribution in [1.82, 2.24) is 15.6 Å². The molecule has 0 fully saturated rings. The van der Waals surface area contributed by atoms with Crippen molar-refractivity contribution >= 4 is 17.3 Å². The standard InChI is InChI=1S/C19H28N4O2S/c1-5-20-19(23-12-18-21-10-14(4)26-18)22-11-17(24)15-7-6-8-16(9-15)25-13(2)3/h6-10,13,17,24H,5,11-12H2,1-4H3,(H2,20,22,23). The highest BCUT2D eigenvalue weighted by Gasteiger charge is 2.10. The summed E-state index contributed by atoms with van der Waals surface area (Å²) in [5.41, 5.74) is 0.807. The Bertz CT molecular complexity index is 715. The van der Waals surface area contributed by atoms with Crippen LogP contribution in [0.25, 0.3) is 0 Å². The summed E-state index contributed by atoms with van der Waals surface area (Å²) >= 11 is 1.64. The van der Waals surface area contributed by atoms with Gasteiger partial charge in [0, 0.05) is 24.2 Å². The number of hydrogen-bond acceptors (Lipinski definition) is 5. The average Bonchev–Trinajstić information content (AvgIpc) is 3.02. The number of aromatic nitrogens is 1. The molecule has 1 atom stereocenters. The van der Waals surface area contributed by atoms with Gasteiger partial charge in [-0.15, -0.1) is 11.3 Å². The Morgan fingerprint density at radius 1 is 1.35 bits per heavy atom. The van der Waals surface area contributed by atoms with Gasteiger partial charge in [-0.1, -0.05) is 12.1 Å². The molecule has 2 rings (SSSR count). The summed E-state index contributed by atoms with van der Waals surface area (Å²) in [5.74, 6) is 1.42. The number of ether oxygens (including phenoxy) is 1. The summed E-state index contributed by atoms with van der Waals surface area (Å²) in [6, 6.07) is 7.54. The lowest BCUT2D eigenvalue weighted by molar-refractivity contribution is 0.179. The molecule has 0 radical (unpaired) electrons. The number of aliphatic hydroxyl groups is 1. The van der Waals surface area contributed by atoms with E-state index in [4.69, 9.17) is 4.74 Å². The van der Waals surface area contributed by atoms with Crippen molar-refractivity contribution in [2.45, 2.75) is 46.4 Å². The van der Waals surface area contributed by atoms with Crippen LogP contribution in [0.15, 0.2) is 35.5 Å². The molecule has 0 aliphatic heterocycles. The predicted octanol–water partition coefficient (Wildman–Crippen LogP) is 3.03. The van der Waals surface area contributed by atoms with Gasteiger partial charge in [-0.25, -0.2) is 9.98 Å². The first-order valence-electron chi connectivity index (χ1n) is 8.86. The van der Waals surface area contributed by atoms with Gasteiger partial charge in [0.1, 0.15) is 10.8 Å². The van der Waals surface area contributed by atoms with Crippen LogP contribution in [-0.2, 0) is 6.54 Å². The van der Waals surface area contributed by atoms with E-state index in [2.05, 4.69) is 20.6 Å². The molecule has 0 bridgehead atoms. The molecule has 1 aromatic heterocycles. The van der Waals surface area contributed by atoms with Crippen LogP contribution in [0.1, 0.15) is 42.3 Å². The minimum atomic E-state index is -0.656. The van der Waals surface area contributed by atoms with Crippen molar-refractivity contribution in [3.05, 3.63) is 45.9 Å². The van der Waals surface area contributed by atoms with Crippen LogP contribution in [0.2, 0.25) is 0 Å². The molecule has 142 valence electrons. The third-order valence-corrected chi connectivity index (χ3v) is 4.36. The second-order valence-corrected chi connectivity index (χ2v) is 7.51. The number of thiazole rings is 1. The quantitative estimate of drug-likeness (QED) is 0.487. The lowest BCUT2D eigenvalue weighted by Gasteiger charge is -2.17. The molecule has 0 aliphatic carbocycles. The monoisotopic (exact) mass is 376 g/mol. The van der Waals surface area contributed by atoms with E-state index in [1.165, 1.54) is 4.88 Å². The number of aliphatic hydroxyl groups excluding tert-OH is 1. The minimum Gasteiger partial charge on any atom is -0.491 e. The number of benzene rings is 1. The topological polar surface area (TPSA) is 78.8 Å². The van der Waals surface area contributed by atoms with Crippen molar-refractivity contribution in [3.8, 4) is 5.75 Å². The summed E-state index contributed by atoms with van der Waals surface area (Å²) in [4.78, 5) is 10.0. The van der Waals surface area contributed by atoms with Gasteiger partial charge in [0.15, 0.2) is 5.96 Å². The number of nitrogens with zero attached hydrogens (tertiary/aromatic N) is 2. The predicted molar refractivity (Wildman–Crippen MR) is 107 cm³/mol. The second-order valence-electron chi connectivity index (χ2n) is 6.20. The fraction of sp³-hybridized carbons (Fsp3) is 0.474. The highest BCUT2D eigenvalue weighted by Crippen LogP contribution is 2.20. The zero-order valence-electron chi connectivity index (χ0n) is 15.8. The third kappa shape index (κ3) is 6.65. The number of guanidine groups is 1. The number of hydrogen-bond donors (Lipinski definition) is 3. The molecule has 7 heteroatoms. The third-order valence-electron chi connectivity index (χ3n) is 3.46. The maximum absolute atomic E-state index is 10.5. The van der Waals surface area contributed by atoms with E-state index in [1.54, 1.807) is 11.3 Å². The second kappa shape index (κ2) is 10.1. The average molecular weight is 377 g/mol. The van der Waals surface area contributed by atoms with Gasteiger partial charge in [-0.3, -0.25) is 0 Å². The van der Waals surface area contributed by atoms with Gasteiger partial charge in [0.2, 0.25) is 0 Å². The Hall–Kier alpha value is -2.12. The molecule has 6 nitrogen and oxygen atoms in total. The van der Waals surface area contributed by atoms with Crippen molar-refractivity contribution < 1.29 is 9.84 Å². The molecule has 2 aromatic rings. The molecule has 26 heavy (non-hydrogen) atoms. The largest absolute Gasteiger partial charge is 0.491 e. The van der Waals surface area contributed by atoms with Crippen LogP contribution in [-0.4, -0.2) is 35.2 Å².